The highest BCUT2D eigenvalue weighted by Gasteiger charge is 2.18. The van der Waals surface area contributed by atoms with Crippen LogP contribution in [-0.4, -0.2) is 30.3 Å². The van der Waals surface area contributed by atoms with Gasteiger partial charge in [0, 0.05) is 6.54 Å². The highest BCUT2D eigenvalue weighted by atomic mass is 16.5. The summed E-state index contributed by atoms with van der Waals surface area (Å²) in [7, 11) is 2.97. The number of benzene rings is 1. The molecule has 1 heterocycles. The van der Waals surface area contributed by atoms with Crippen LogP contribution in [0.1, 0.15) is 16.1 Å². The van der Waals surface area contributed by atoms with Crippen molar-refractivity contribution in [1.29, 1.82) is 0 Å². The van der Waals surface area contributed by atoms with Crippen LogP contribution in [0.2, 0.25) is 0 Å². The molecular formula is C13H14N2O4. The highest BCUT2D eigenvalue weighted by molar-refractivity contribution is 6.07. The lowest BCUT2D eigenvalue weighted by Crippen LogP contribution is -2.07. The van der Waals surface area contributed by atoms with Gasteiger partial charge in [-0.15, -0.1) is 0 Å². The van der Waals surface area contributed by atoms with E-state index in [0.717, 1.165) is 0 Å². The van der Waals surface area contributed by atoms with E-state index in [2.05, 4.69) is 4.98 Å². The number of rotatable bonds is 4. The molecule has 0 spiro atoms. The standard InChI is InChI=1S/C13H14N2O4/c1-18-9-3-4-10(19-2)12-11(9)8(13(16)17)5-7(6-14)15-12/h3-5H,6,14H2,1-2H3,(H,16,17). The lowest BCUT2D eigenvalue weighted by Gasteiger charge is -2.12. The van der Waals surface area contributed by atoms with Gasteiger partial charge in [-0.1, -0.05) is 0 Å². The molecule has 0 aliphatic carbocycles. The molecule has 0 saturated heterocycles. The quantitative estimate of drug-likeness (QED) is 0.865. The van der Waals surface area contributed by atoms with E-state index in [1.165, 1.54) is 20.3 Å². The van der Waals surface area contributed by atoms with Gasteiger partial charge in [0.1, 0.15) is 17.0 Å². The average molecular weight is 262 g/mol. The Morgan fingerprint density at radius 3 is 2.47 bits per heavy atom. The maximum Gasteiger partial charge on any atom is 0.336 e. The zero-order valence-corrected chi connectivity index (χ0v) is 10.6. The second-order valence-corrected chi connectivity index (χ2v) is 3.86. The number of pyridine rings is 1. The number of carboxylic acid groups (broad SMARTS) is 1. The first-order chi connectivity index (χ1) is 9.12. The van der Waals surface area contributed by atoms with Crippen molar-refractivity contribution in [3.05, 3.63) is 29.5 Å². The molecule has 100 valence electrons. The molecule has 0 saturated carbocycles. The first-order valence-electron chi connectivity index (χ1n) is 5.60. The number of hydrogen-bond donors (Lipinski definition) is 2. The average Bonchev–Trinajstić information content (AvgIpc) is 2.44. The van der Waals surface area contributed by atoms with Crippen molar-refractivity contribution in [3.63, 3.8) is 0 Å². The number of nitrogens with two attached hydrogens (primary N) is 1. The molecule has 3 N–H and O–H groups in total. The van der Waals surface area contributed by atoms with E-state index >= 15 is 0 Å². The van der Waals surface area contributed by atoms with Crippen LogP contribution in [0, 0.1) is 0 Å². The normalized spacial score (nSPS) is 10.5. The van der Waals surface area contributed by atoms with Crippen LogP contribution in [0.4, 0.5) is 0 Å². The van der Waals surface area contributed by atoms with Crippen LogP contribution >= 0.6 is 0 Å². The van der Waals surface area contributed by atoms with E-state index in [1.54, 1.807) is 12.1 Å². The number of hydrogen-bond acceptors (Lipinski definition) is 5. The summed E-state index contributed by atoms with van der Waals surface area (Å²) in [6.07, 6.45) is 0. The van der Waals surface area contributed by atoms with E-state index in [9.17, 15) is 9.90 Å². The summed E-state index contributed by atoms with van der Waals surface area (Å²) >= 11 is 0. The lowest BCUT2D eigenvalue weighted by atomic mass is 10.1. The number of fused-ring (bicyclic) bond motifs is 1. The second kappa shape index (κ2) is 5.11. The van der Waals surface area contributed by atoms with Crippen molar-refractivity contribution in [1.82, 2.24) is 4.98 Å². The molecule has 0 bridgehead atoms. The largest absolute Gasteiger partial charge is 0.496 e. The Kier molecular flexibility index (Phi) is 3.52. The van der Waals surface area contributed by atoms with Gasteiger partial charge in [0.05, 0.1) is 30.9 Å². The number of nitrogens with zero attached hydrogens (tertiary/aromatic N) is 1. The van der Waals surface area contributed by atoms with Gasteiger partial charge in [0.15, 0.2) is 0 Å². The molecule has 0 amide bonds. The monoisotopic (exact) mass is 262 g/mol. The second-order valence-electron chi connectivity index (χ2n) is 3.86. The number of carboxylic acids is 1. The Morgan fingerprint density at radius 1 is 1.32 bits per heavy atom. The maximum atomic E-state index is 11.4. The molecule has 19 heavy (non-hydrogen) atoms. The smallest absolute Gasteiger partial charge is 0.336 e. The third-order valence-corrected chi connectivity index (χ3v) is 2.82. The minimum Gasteiger partial charge on any atom is -0.496 e. The Hall–Kier alpha value is -2.34. The van der Waals surface area contributed by atoms with Gasteiger partial charge < -0.3 is 20.3 Å². The molecule has 0 fully saturated rings. The predicted octanol–water partition coefficient (Wildman–Crippen LogP) is 1.41. The summed E-state index contributed by atoms with van der Waals surface area (Å²) < 4.78 is 10.4. The molecule has 0 radical (unpaired) electrons. The lowest BCUT2D eigenvalue weighted by molar-refractivity contribution is 0.0698. The van der Waals surface area contributed by atoms with Crippen LogP contribution in [0.5, 0.6) is 11.5 Å². The fourth-order valence-electron chi connectivity index (χ4n) is 1.95. The summed E-state index contributed by atoms with van der Waals surface area (Å²) in [4.78, 5) is 15.7. The summed E-state index contributed by atoms with van der Waals surface area (Å²) in [5.74, 6) is -0.147. The molecular weight excluding hydrogens is 248 g/mol. The molecule has 2 aromatic rings. The van der Waals surface area contributed by atoms with Crippen LogP contribution < -0.4 is 15.2 Å². The summed E-state index contributed by atoms with van der Waals surface area (Å²) in [6.45, 7) is 0.149. The summed E-state index contributed by atoms with van der Waals surface area (Å²) in [5.41, 5.74) is 6.56. The molecule has 0 aliphatic heterocycles. The van der Waals surface area contributed by atoms with Crippen molar-refractivity contribution in [2.24, 2.45) is 5.73 Å². The molecule has 1 aromatic carbocycles. The zero-order valence-electron chi connectivity index (χ0n) is 10.6. The fraction of sp³-hybridized carbons (Fsp3) is 0.231. The third kappa shape index (κ3) is 2.17. The first kappa shape index (κ1) is 13.1. The van der Waals surface area contributed by atoms with Gasteiger partial charge in [-0.2, -0.15) is 0 Å². The highest BCUT2D eigenvalue weighted by Crippen LogP contribution is 2.34. The van der Waals surface area contributed by atoms with Crippen LogP contribution in [0.15, 0.2) is 18.2 Å². The first-order valence-corrected chi connectivity index (χ1v) is 5.60. The van der Waals surface area contributed by atoms with Gasteiger partial charge in [-0.25, -0.2) is 9.78 Å². The number of aromatic nitrogens is 1. The number of methoxy groups -OCH3 is 2. The number of ether oxygens (including phenoxy) is 2. The Morgan fingerprint density at radius 2 is 1.95 bits per heavy atom. The minimum absolute atomic E-state index is 0.0983. The third-order valence-electron chi connectivity index (χ3n) is 2.82. The van der Waals surface area contributed by atoms with Crippen molar-refractivity contribution >= 4 is 16.9 Å². The van der Waals surface area contributed by atoms with E-state index < -0.39 is 5.97 Å². The molecule has 1 aromatic heterocycles. The predicted molar refractivity (Wildman–Crippen MR) is 69.7 cm³/mol. The van der Waals surface area contributed by atoms with E-state index in [0.29, 0.717) is 28.1 Å². The summed E-state index contributed by atoms with van der Waals surface area (Å²) in [5, 5.41) is 9.73. The van der Waals surface area contributed by atoms with Crippen molar-refractivity contribution in [3.8, 4) is 11.5 Å². The van der Waals surface area contributed by atoms with Crippen LogP contribution in [0.3, 0.4) is 0 Å². The van der Waals surface area contributed by atoms with Gasteiger partial charge >= 0.3 is 5.97 Å². The SMILES string of the molecule is COc1ccc(OC)c2c(C(=O)O)cc(CN)nc12. The molecule has 6 heteroatoms. The number of carbonyl (C=O) groups is 1. The van der Waals surface area contributed by atoms with E-state index in [4.69, 9.17) is 15.2 Å². The van der Waals surface area contributed by atoms with Gasteiger partial charge in [0.2, 0.25) is 0 Å². The van der Waals surface area contributed by atoms with Gasteiger partial charge in [-0.05, 0) is 18.2 Å². The Bertz CT molecular complexity index is 640. The van der Waals surface area contributed by atoms with Crippen molar-refractivity contribution in [2.45, 2.75) is 6.54 Å². The van der Waals surface area contributed by atoms with Gasteiger partial charge in [-0.3, -0.25) is 0 Å². The topological polar surface area (TPSA) is 94.7 Å². The van der Waals surface area contributed by atoms with E-state index in [1.807, 2.05) is 0 Å². The fourth-order valence-corrected chi connectivity index (χ4v) is 1.95. The molecule has 0 atom stereocenters. The van der Waals surface area contributed by atoms with Gasteiger partial charge in [0.25, 0.3) is 0 Å². The zero-order chi connectivity index (χ0) is 14.0. The Balaban J connectivity index is 2.94. The summed E-state index contributed by atoms with van der Waals surface area (Å²) in [6, 6.07) is 4.78. The molecule has 0 unspecified atom stereocenters. The van der Waals surface area contributed by atoms with Crippen LogP contribution in [-0.2, 0) is 6.54 Å². The van der Waals surface area contributed by atoms with Crippen LogP contribution in [0.25, 0.3) is 10.9 Å². The molecule has 2 rings (SSSR count). The molecule has 0 aliphatic rings. The minimum atomic E-state index is -1.06. The van der Waals surface area contributed by atoms with Crippen molar-refractivity contribution < 1.29 is 19.4 Å². The van der Waals surface area contributed by atoms with E-state index in [-0.39, 0.29) is 12.1 Å². The molecule has 6 nitrogen and oxygen atoms in total. The number of aromatic carboxylic acids is 1. The maximum absolute atomic E-state index is 11.4. The Labute approximate surface area is 109 Å². The van der Waals surface area contributed by atoms with Crippen molar-refractivity contribution in [2.75, 3.05) is 14.2 Å².